The lowest BCUT2D eigenvalue weighted by atomic mass is 9.95. The van der Waals surface area contributed by atoms with Crippen LogP contribution in [0.25, 0.3) is 5.76 Å². The van der Waals surface area contributed by atoms with Crippen LogP contribution in [0.3, 0.4) is 0 Å². The topological polar surface area (TPSA) is 115 Å². The van der Waals surface area contributed by atoms with Gasteiger partial charge in [0.2, 0.25) is 0 Å². The molecule has 2 heterocycles. The SMILES string of the molecule is C=CCOc1ccc(C2C(=C(O)c3cccc(OCCCC)c3)C(=O)C(=O)N2c2nc(C)c(C(=O)OCC)s2)cc1. The van der Waals surface area contributed by atoms with Crippen LogP contribution in [0.15, 0.2) is 66.8 Å². The minimum absolute atomic E-state index is 0.106. The van der Waals surface area contributed by atoms with Crippen molar-refractivity contribution in [2.75, 3.05) is 24.7 Å². The Morgan fingerprint density at radius 3 is 2.56 bits per heavy atom. The number of nitrogens with zero attached hydrogens (tertiary/aromatic N) is 2. The summed E-state index contributed by atoms with van der Waals surface area (Å²) in [6.45, 7) is 10.0. The minimum Gasteiger partial charge on any atom is -0.507 e. The first-order valence-corrected chi connectivity index (χ1v) is 14.1. The molecule has 1 aliphatic rings. The Hall–Kier alpha value is -4.44. The average molecular weight is 577 g/mol. The highest BCUT2D eigenvalue weighted by molar-refractivity contribution is 7.17. The number of aliphatic hydroxyl groups is 1. The number of ketones is 1. The molecule has 9 nitrogen and oxygen atoms in total. The second kappa shape index (κ2) is 13.3. The summed E-state index contributed by atoms with van der Waals surface area (Å²) in [6.07, 6.45) is 3.46. The molecule has 1 unspecified atom stereocenters. The Morgan fingerprint density at radius 1 is 1.12 bits per heavy atom. The van der Waals surface area contributed by atoms with E-state index in [1.807, 2.05) is 0 Å². The van der Waals surface area contributed by atoms with Crippen molar-refractivity contribution in [1.29, 1.82) is 0 Å². The maximum Gasteiger partial charge on any atom is 0.350 e. The number of rotatable bonds is 12. The molecule has 4 rings (SSSR count). The normalized spacial score (nSPS) is 16.1. The number of aryl methyl sites for hydroxylation is 1. The molecule has 1 atom stereocenters. The Balaban J connectivity index is 1.83. The zero-order valence-corrected chi connectivity index (χ0v) is 24.0. The van der Waals surface area contributed by atoms with Gasteiger partial charge in [0, 0.05) is 5.56 Å². The maximum absolute atomic E-state index is 13.5. The summed E-state index contributed by atoms with van der Waals surface area (Å²) in [4.78, 5) is 45.4. The Bertz CT molecular complexity index is 1480. The fraction of sp³-hybridized carbons (Fsp3) is 0.290. The molecule has 3 aromatic rings. The van der Waals surface area contributed by atoms with E-state index in [0.29, 0.717) is 41.5 Å². The van der Waals surface area contributed by atoms with Crippen molar-refractivity contribution in [2.24, 2.45) is 0 Å². The molecular formula is C31H32N2O7S. The number of carbonyl (C=O) groups excluding carboxylic acids is 3. The van der Waals surface area contributed by atoms with Gasteiger partial charge in [-0.05, 0) is 50.1 Å². The number of benzene rings is 2. The third kappa shape index (κ3) is 6.33. The number of aliphatic hydroxyl groups excluding tert-OH is 1. The molecule has 1 aliphatic heterocycles. The predicted molar refractivity (Wildman–Crippen MR) is 157 cm³/mol. The molecule has 0 aliphatic carbocycles. The van der Waals surface area contributed by atoms with Crippen LogP contribution in [-0.4, -0.2) is 47.6 Å². The number of carbonyl (C=O) groups is 3. The maximum atomic E-state index is 13.5. The van der Waals surface area contributed by atoms with Crippen molar-refractivity contribution in [3.05, 3.63) is 88.5 Å². The predicted octanol–water partition coefficient (Wildman–Crippen LogP) is 6.00. The van der Waals surface area contributed by atoms with Crippen molar-refractivity contribution in [3.8, 4) is 11.5 Å². The Morgan fingerprint density at radius 2 is 1.88 bits per heavy atom. The third-order valence-corrected chi connectivity index (χ3v) is 7.47. The summed E-state index contributed by atoms with van der Waals surface area (Å²) in [6, 6.07) is 12.6. The molecule has 1 amide bonds. The molecule has 214 valence electrons. The van der Waals surface area contributed by atoms with Gasteiger partial charge in [0.25, 0.3) is 5.78 Å². The quantitative estimate of drug-likeness (QED) is 0.0697. The number of thiazole rings is 1. The Kier molecular flexibility index (Phi) is 9.57. The van der Waals surface area contributed by atoms with Crippen molar-refractivity contribution in [3.63, 3.8) is 0 Å². The second-order valence-electron chi connectivity index (χ2n) is 9.20. The van der Waals surface area contributed by atoms with Crippen LogP contribution < -0.4 is 14.4 Å². The number of anilines is 1. The molecule has 2 aromatic carbocycles. The monoisotopic (exact) mass is 576 g/mol. The summed E-state index contributed by atoms with van der Waals surface area (Å²) in [5.41, 5.74) is 1.13. The fourth-order valence-corrected chi connectivity index (χ4v) is 5.33. The molecular weight excluding hydrogens is 544 g/mol. The van der Waals surface area contributed by atoms with Crippen LogP contribution in [0, 0.1) is 6.92 Å². The van der Waals surface area contributed by atoms with E-state index in [4.69, 9.17) is 14.2 Å². The molecule has 0 spiro atoms. The number of unbranched alkanes of at least 4 members (excludes halogenated alkanes) is 1. The molecule has 1 fully saturated rings. The van der Waals surface area contributed by atoms with Gasteiger partial charge in [-0.1, -0.05) is 61.6 Å². The van der Waals surface area contributed by atoms with Crippen LogP contribution in [-0.2, 0) is 14.3 Å². The van der Waals surface area contributed by atoms with Crippen molar-refractivity contribution >= 4 is 39.9 Å². The first-order chi connectivity index (χ1) is 19.8. The molecule has 1 aromatic heterocycles. The fourth-order valence-electron chi connectivity index (χ4n) is 4.34. The summed E-state index contributed by atoms with van der Waals surface area (Å²) in [7, 11) is 0. The van der Waals surface area contributed by atoms with Crippen LogP contribution in [0.1, 0.15) is 59.2 Å². The lowest BCUT2D eigenvalue weighted by Crippen LogP contribution is -2.29. The number of hydrogen-bond donors (Lipinski definition) is 1. The standard InChI is InChI=1S/C31H32N2O7S/c1-5-8-17-40-23-11-9-10-21(18-23)26(34)24-25(20-12-14-22(15-13-20)39-16-6-2)33(29(36)27(24)35)31-32-19(4)28(41-31)30(37)38-7-3/h6,9-15,18,25,34H,2,5,7-8,16-17H2,1,3-4H3. The van der Waals surface area contributed by atoms with E-state index in [1.54, 1.807) is 68.5 Å². The van der Waals surface area contributed by atoms with Gasteiger partial charge in [-0.25, -0.2) is 9.78 Å². The third-order valence-electron chi connectivity index (χ3n) is 6.33. The molecule has 1 N–H and O–H groups in total. The van der Waals surface area contributed by atoms with Gasteiger partial charge < -0.3 is 19.3 Å². The smallest absolute Gasteiger partial charge is 0.350 e. The van der Waals surface area contributed by atoms with Gasteiger partial charge in [-0.3, -0.25) is 14.5 Å². The first-order valence-electron chi connectivity index (χ1n) is 13.3. The summed E-state index contributed by atoms with van der Waals surface area (Å²) < 4.78 is 16.5. The van der Waals surface area contributed by atoms with E-state index in [2.05, 4.69) is 18.5 Å². The van der Waals surface area contributed by atoms with E-state index < -0.39 is 23.7 Å². The van der Waals surface area contributed by atoms with E-state index >= 15 is 0 Å². The Labute approximate surface area is 242 Å². The first kappa shape index (κ1) is 29.5. The van der Waals surface area contributed by atoms with Crippen molar-refractivity contribution in [2.45, 2.75) is 39.7 Å². The highest BCUT2D eigenvalue weighted by atomic mass is 32.1. The summed E-state index contributed by atoms with van der Waals surface area (Å²) >= 11 is 0.954. The van der Waals surface area contributed by atoms with Crippen molar-refractivity contribution in [1.82, 2.24) is 4.98 Å². The summed E-state index contributed by atoms with van der Waals surface area (Å²) in [5.74, 6) is -1.55. The van der Waals surface area contributed by atoms with E-state index in [0.717, 1.165) is 24.2 Å². The lowest BCUT2D eigenvalue weighted by molar-refractivity contribution is -0.132. The number of esters is 1. The van der Waals surface area contributed by atoms with Crippen LogP contribution >= 0.6 is 11.3 Å². The van der Waals surface area contributed by atoms with Gasteiger partial charge in [0.1, 0.15) is 28.7 Å². The van der Waals surface area contributed by atoms with Gasteiger partial charge in [0.15, 0.2) is 5.13 Å². The van der Waals surface area contributed by atoms with E-state index in [-0.39, 0.29) is 27.9 Å². The van der Waals surface area contributed by atoms with Gasteiger partial charge in [-0.2, -0.15) is 0 Å². The number of aromatic nitrogens is 1. The average Bonchev–Trinajstić information content (AvgIpc) is 3.48. The number of ether oxygens (including phenoxy) is 3. The molecule has 10 heteroatoms. The number of hydrogen-bond acceptors (Lipinski definition) is 9. The zero-order valence-electron chi connectivity index (χ0n) is 23.2. The highest BCUT2D eigenvalue weighted by Gasteiger charge is 2.48. The van der Waals surface area contributed by atoms with Gasteiger partial charge in [-0.15, -0.1) is 0 Å². The molecule has 1 saturated heterocycles. The van der Waals surface area contributed by atoms with Gasteiger partial charge >= 0.3 is 11.9 Å². The molecule has 0 radical (unpaired) electrons. The highest BCUT2D eigenvalue weighted by Crippen LogP contribution is 2.44. The number of Topliss-reactive ketones (excluding diaryl/α,β-unsaturated/α-hetero) is 1. The molecule has 0 bridgehead atoms. The van der Waals surface area contributed by atoms with Crippen molar-refractivity contribution < 1.29 is 33.7 Å². The van der Waals surface area contributed by atoms with E-state index in [1.165, 1.54) is 4.90 Å². The van der Waals surface area contributed by atoms with Crippen LogP contribution in [0.2, 0.25) is 0 Å². The van der Waals surface area contributed by atoms with Crippen LogP contribution in [0.5, 0.6) is 11.5 Å². The van der Waals surface area contributed by atoms with E-state index in [9.17, 15) is 19.5 Å². The largest absolute Gasteiger partial charge is 0.507 e. The molecule has 0 saturated carbocycles. The van der Waals surface area contributed by atoms with Crippen LogP contribution in [0.4, 0.5) is 5.13 Å². The second-order valence-corrected chi connectivity index (χ2v) is 10.2. The minimum atomic E-state index is -1.02. The summed E-state index contributed by atoms with van der Waals surface area (Å²) in [5, 5.41) is 11.6. The lowest BCUT2D eigenvalue weighted by Gasteiger charge is -2.23. The number of amides is 1. The van der Waals surface area contributed by atoms with Gasteiger partial charge in [0.05, 0.1) is 30.5 Å². The zero-order chi connectivity index (χ0) is 29.5. The molecule has 41 heavy (non-hydrogen) atoms.